The summed E-state index contributed by atoms with van der Waals surface area (Å²) in [6.07, 6.45) is 5.41. The van der Waals surface area contributed by atoms with E-state index in [1.54, 1.807) is 7.11 Å². The number of aryl methyl sites for hydroxylation is 1. The van der Waals surface area contributed by atoms with Gasteiger partial charge in [0.05, 0.1) is 0 Å². The lowest BCUT2D eigenvalue weighted by Gasteiger charge is -2.07. The van der Waals surface area contributed by atoms with Crippen LogP contribution in [0.5, 0.6) is 0 Å². The molecule has 0 saturated heterocycles. The van der Waals surface area contributed by atoms with Crippen molar-refractivity contribution in [1.82, 2.24) is 9.97 Å². The number of halogens is 1. The summed E-state index contributed by atoms with van der Waals surface area (Å²) in [5.74, 6) is 1.81. The molecule has 4 nitrogen and oxygen atoms in total. The molecule has 1 aromatic heterocycles. The molecule has 0 fully saturated rings. The monoisotopic (exact) mass is 315 g/mol. The second kappa shape index (κ2) is 9.28. The fourth-order valence-corrected chi connectivity index (χ4v) is 2.08. The van der Waals surface area contributed by atoms with Gasteiger partial charge in [-0.2, -0.15) is 0 Å². The molecular weight excluding hydrogens is 294 g/mol. The Morgan fingerprint density at radius 3 is 2.83 bits per heavy atom. The first-order valence-electron chi connectivity index (χ1n) is 6.52. The number of ether oxygens (including phenoxy) is 1. The van der Waals surface area contributed by atoms with Gasteiger partial charge < -0.3 is 10.1 Å². The molecule has 0 radical (unpaired) electrons. The highest BCUT2D eigenvalue weighted by Gasteiger charge is 2.01. The summed E-state index contributed by atoms with van der Waals surface area (Å²) in [5.41, 5.74) is 0. The summed E-state index contributed by atoms with van der Waals surface area (Å²) >= 11 is 3.42. The van der Waals surface area contributed by atoms with E-state index in [1.807, 2.05) is 6.07 Å². The van der Waals surface area contributed by atoms with Crippen LogP contribution in [0.25, 0.3) is 0 Å². The average molecular weight is 316 g/mol. The molecule has 1 aromatic rings. The molecule has 0 aliphatic rings. The number of rotatable bonds is 9. The lowest BCUT2D eigenvalue weighted by atomic mass is 10.2. The number of hydrogen-bond acceptors (Lipinski definition) is 4. The Bertz CT molecular complexity index is 347. The highest BCUT2D eigenvalue weighted by Crippen LogP contribution is 2.13. The maximum absolute atomic E-state index is 5.02. The van der Waals surface area contributed by atoms with Gasteiger partial charge in [-0.1, -0.05) is 6.92 Å². The normalized spacial score (nSPS) is 10.6. The van der Waals surface area contributed by atoms with Crippen molar-refractivity contribution in [2.45, 2.75) is 39.0 Å². The van der Waals surface area contributed by atoms with Crippen LogP contribution < -0.4 is 5.32 Å². The minimum atomic E-state index is 0.847. The van der Waals surface area contributed by atoms with Crippen LogP contribution in [0.2, 0.25) is 0 Å². The van der Waals surface area contributed by atoms with Gasteiger partial charge in [0.15, 0.2) is 0 Å². The number of hydrogen-bond donors (Lipinski definition) is 1. The molecule has 0 spiro atoms. The molecule has 0 bridgehead atoms. The van der Waals surface area contributed by atoms with E-state index in [2.05, 4.69) is 38.1 Å². The minimum Gasteiger partial charge on any atom is -0.385 e. The highest BCUT2D eigenvalue weighted by atomic mass is 79.9. The second-order valence-corrected chi connectivity index (χ2v) is 5.03. The zero-order valence-corrected chi connectivity index (χ0v) is 12.8. The van der Waals surface area contributed by atoms with Crippen LogP contribution in [0.1, 0.15) is 38.4 Å². The number of aromatic nitrogens is 2. The van der Waals surface area contributed by atoms with E-state index in [0.29, 0.717) is 0 Å². The second-order valence-electron chi connectivity index (χ2n) is 4.22. The zero-order valence-electron chi connectivity index (χ0n) is 11.2. The molecule has 0 amide bonds. The standard InChI is InChI=1S/C13H22BrN3O/c1-3-7-12-16-11(14)10-13(17-12)15-8-5-4-6-9-18-2/h10H,3-9H2,1-2H3,(H,15,16,17). The molecular formula is C13H22BrN3O. The Hall–Kier alpha value is -0.680. The van der Waals surface area contributed by atoms with E-state index >= 15 is 0 Å². The van der Waals surface area contributed by atoms with Gasteiger partial charge in [0.1, 0.15) is 16.2 Å². The first kappa shape index (κ1) is 15.4. The average Bonchev–Trinajstić information content (AvgIpc) is 2.33. The van der Waals surface area contributed by atoms with Crippen molar-refractivity contribution >= 4 is 21.7 Å². The van der Waals surface area contributed by atoms with Crippen LogP contribution in [0.3, 0.4) is 0 Å². The molecule has 0 aliphatic carbocycles. The third-order valence-corrected chi connectivity index (χ3v) is 2.95. The topological polar surface area (TPSA) is 47.0 Å². The molecule has 1 heterocycles. The number of nitrogens with zero attached hydrogens (tertiary/aromatic N) is 2. The third kappa shape index (κ3) is 6.31. The quantitative estimate of drug-likeness (QED) is 0.560. The van der Waals surface area contributed by atoms with E-state index in [-0.39, 0.29) is 0 Å². The summed E-state index contributed by atoms with van der Waals surface area (Å²) in [7, 11) is 1.74. The molecule has 0 saturated carbocycles. The highest BCUT2D eigenvalue weighted by molar-refractivity contribution is 9.10. The van der Waals surface area contributed by atoms with Gasteiger partial charge in [0, 0.05) is 32.7 Å². The number of unbranched alkanes of at least 4 members (excludes halogenated alkanes) is 2. The molecule has 102 valence electrons. The Morgan fingerprint density at radius 1 is 1.28 bits per heavy atom. The number of anilines is 1. The van der Waals surface area contributed by atoms with Crippen molar-refractivity contribution in [3.63, 3.8) is 0 Å². The molecule has 0 unspecified atom stereocenters. The number of nitrogens with one attached hydrogen (secondary N) is 1. The van der Waals surface area contributed by atoms with Crippen molar-refractivity contribution < 1.29 is 4.74 Å². The van der Waals surface area contributed by atoms with Crippen LogP contribution in [0.15, 0.2) is 10.7 Å². The van der Waals surface area contributed by atoms with Crippen molar-refractivity contribution in [3.05, 3.63) is 16.5 Å². The van der Waals surface area contributed by atoms with E-state index < -0.39 is 0 Å². The van der Waals surface area contributed by atoms with Gasteiger partial charge in [-0.05, 0) is 41.6 Å². The smallest absolute Gasteiger partial charge is 0.132 e. The zero-order chi connectivity index (χ0) is 13.2. The van der Waals surface area contributed by atoms with E-state index in [0.717, 1.165) is 55.1 Å². The lowest BCUT2D eigenvalue weighted by Crippen LogP contribution is -2.06. The molecule has 0 atom stereocenters. The number of methoxy groups -OCH3 is 1. The van der Waals surface area contributed by atoms with Crippen molar-refractivity contribution in [1.29, 1.82) is 0 Å². The van der Waals surface area contributed by atoms with Crippen molar-refractivity contribution in [2.75, 3.05) is 25.6 Å². The summed E-state index contributed by atoms with van der Waals surface area (Å²) in [4.78, 5) is 8.82. The Labute approximate surface area is 118 Å². The van der Waals surface area contributed by atoms with Gasteiger partial charge in [-0.25, -0.2) is 9.97 Å². The van der Waals surface area contributed by atoms with Crippen molar-refractivity contribution in [3.8, 4) is 0 Å². The largest absolute Gasteiger partial charge is 0.385 e. The van der Waals surface area contributed by atoms with Gasteiger partial charge in [0.2, 0.25) is 0 Å². The molecule has 1 rings (SSSR count). The van der Waals surface area contributed by atoms with Crippen LogP contribution in [0.4, 0.5) is 5.82 Å². The Balaban J connectivity index is 2.32. The lowest BCUT2D eigenvalue weighted by molar-refractivity contribution is 0.192. The Morgan fingerprint density at radius 2 is 2.11 bits per heavy atom. The van der Waals surface area contributed by atoms with E-state index in [4.69, 9.17) is 4.74 Å². The van der Waals surface area contributed by atoms with Crippen LogP contribution in [-0.4, -0.2) is 30.2 Å². The Kier molecular flexibility index (Phi) is 7.93. The summed E-state index contributed by atoms with van der Waals surface area (Å²) in [6, 6.07) is 1.92. The maximum atomic E-state index is 5.02. The van der Waals surface area contributed by atoms with Crippen LogP contribution >= 0.6 is 15.9 Å². The van der Waals surface area contributed by atoms with Gasteiger partial charge in [-0.15, -0.1) is 0 Å². The summed E-state index contributed by atoms with van der Waals surface area (Å²) in [5, 5.41) is 3.34. The van der Waals surface area contributed by atoms with Gasteiger partial charge in [0.25, 0.3) is 0 Å². The minimum absolute atomic E-state index is 0.847. The third-order valence-electron chi connectivity index (χ3n) is 2.55. The SMILES string of the molecule is CCCc1nc(Br)cc(NCCCCCOC)n1. The van der Waals surface area contributed by atoms with E-state index in [1.165, 1.54) is 6.42 Å². The first-order valence-corrected chi connectivity index (χ1v) is 7.31. The molecule has 1 N–H and O–H groups in total. The molecule has 5 heteroatoms. The first-order chi connectivity index (χ1) is 8.76. The maximum Gasteiger partial charge on any atom is 0.132 e. The van der Waals surface area contributed by atoms with Crippen LogP contribution in [0, 0.1) is 0 Å². The fraction of sp³-hybridized carbons (Fsp3) is 0.692. The van der Waals surface area contributed by atoms with Crippen molar-refractivity contribution in [2.24, 2.45) is 0 Å². The van der Waals surface area contributed by atoms with Gasteiger partial charge in [-0.3, -0.25) is 0 Å². The summed E-state index contributed by atoms with van der Waals surface area (Å²) < 4.78 is 5.87. The predicted octanol–water partition coefficient (Wildman–Crippen LogP) is 3.42. The van der Waals surface area contributed by atoms with E-state index in [9.17, 15) is 0 Å². The van der Waals surface area contributed by atoms with Gasteiger partial charge >= 0.3 is 0 Å². The predicted molar refractivity (Wildman–Crippen MR) is 77.9 cm³/mol. The molecule has 0 aromatic carbocycles. The summed E-state index contributed by atoms with van der Waals surface area (Å²) in [6.45, 7) is 3.92. The molecule has 0 aliphatic heterocycles. The molecule has 18 heavy (non-hydrogen) atoms. The van der Waals surface area contributed by atoms with Crippen LogP contribution in [-0.2, 0) is 11.2 Å². The fourth-order valence-electron chi connectivity index (χ4n) is 1.66.